The molecule has 0 spiro atoms. The molecule has 16 heavy (non-hydrogen) atoms. The van der Waals surface area contributed by atoms with Crippen LogP contribution in [-0.2, 0) is 6.54 Å². The van der Waals surface area contributed by atoms with E-state index >= 15 is 0 Å². The van der Waals surface area contributed by atoms with Crippen molar-refractivity contribution in [1.29, 1.82) is 0 Å². The van der Waals surface area contributed by atoms with Gasteiger partial charge in [0, 0.05) is 21.2 Å². The van der Waals surface area contributed by atoms with Gasteiger partial charge in [0.15, 0.2) is 0 Å². The summed E-state index contributed by atoms with van der Waals surface area (Å²) in [4.78, 5) is 0. The van der Waals surface area contributed by atoms with Gasteiger partial charge in [0.25, 0.3) is 0 Å². The van der Waals surface area contributed by atoms with E-state index in [1.54, 1.807) is 11.3 Å². The number of thiophene rings is 1. The third kappa shape index (κ3) is 3.32. The summed E-state index contributed by atoms with van der Waals surface area (Å²) >= 11 is 12.1. The molecule has 0 fully saturated rings. The predicted molar refractivity (Wildman–Crippen MR) is 81.2 cm³/mol. The highest BCUT2D eigenvalue weighted by atomic mass is 79.9. The van der Waals surface area contributed by atoms with Gasteiger partial charge in [0.1, 0.15) is 0 Å². The van der Waals surface area contributed by atoms with Crippen molar-refractivity contribution in [3.05, 3.63) is 47.9 Å². The molecule has 2 aromatic rings. The fraction of sp³-hybridized carbons (Fsp3) is 0.0909. The highest BCUT2D eigenvalue weighted by Gasteiger charge is 2.01. The molecule has 0 saturated carbocycles. The molecule has 0 atom stereocenters. The van der Waals surface area contributed by atoms with Crippen molar-refractivity contribution in [2.45, 2.75) is 6.54 Å². The maximum absolute atomic E-state index is 3.52. The van der Waals surface area contributed by atoms with Gasteiger partial charge in [0.05, 0.1) is 3.79 Å². The standard InChI is InChI=1S/C11H8Br3NS/c12-8-1-2-9(13)10(4-8)15-5-7-3-11(14)16-6-7/h1-4,6,15H,5H2. The van der Waals surface area contributed by atoms with Gasteiger partial charge in [0.2, 0.25) is 0 Å². The Balaban J connectivity index is 2.07. The fourth-order valence-electron chi connectivity index (χ4n) is 1.27. The van der Waals surface area contributed by atoms with Gasteiger partial charge in [-0.3, -0.25) is 0 Å². The van der Waals surface area contributed by atoms with Crippen LogP contribution >= 0.6 is 59.1 Å². The Kier molecular flexibility index (Phi) is 4.47. The van der Waals surface area contributed by atoms with Gasteiger partial charge >= 0.3 is 0 Å². The second-order valence-corrected chi connectivity index (χ2v) is 7.30. The lowest BCUT2D eigenvalue weighted by Gasteiger charge is -2.07. The molecule has 0 aliphatic heterocycles. The molecule has 0 saturated heterocycles. The second kappa shape index (κ2) is 5.67. The smallest absolute Gasteiger partial charge is 0.0701 e. The highest BCUT2D eigenvalue weighted by molar-refractivity contribution is 9.11. The molecule has 1 aromatic carbocycles. The first-order chi connectivity index (χ1) is 7.65. The summed E-state index contributed by atoms with van der Waals surface area (Å²) in [6, 6.07) is 8.22. The van der Waals surface area contributed by atoms with Gasteiger partial charge in [-0.05, 0) is 67.1 Å². The van der Waals surface area contributed by atoms with Crippen LogP contribution in [0.15, 0.2) is 42.4 Å². The van der Waals surface area contributed by atoms with E-state index in [-0.39, 0.29) is 0 Å². The van der Waals surface area contributed by atoms with Crippen molar-refractivity contribution in [1.82, 2.24) is 0 Å². The van der Waals surface area contributed by atoms with Crippen molar-refractivity contribution in [3.8, 4) is 0 Å². The molecule has 0 aliphatic rings. The molecule has 0 unspecified atom stereocenters. The van der Waals surface area contributed by atoms with E-state index in [0.29, 0.717) is 0 Å². The largest absolute Gasteiger partial charge is 0.380 e. The van der Waals surface area contributed by atoms with Crippen molar-refractivity contribution in [3.63, 3.8) is 0 Å². The first-order valence-electron chi connectivity index (χ1n) is 4.57. The molecular formula is C11H8Br3NS. The Labute approximate surface area is 124 Å². The lowest BCUT2D eigenvalue weighted by Crippen LogP contribution is -1.98. The van der Waals surface area contributed by atoms with Crippen molar-refractivity contribution in [2.75, 3.05) is 5.32 Å². The summed E-state index contributed by atoms with van der Waals surface area (Å²) in [6.45, 7) is 0.831. The monoisotopic (exact) mass is 423 g/mol. The minimum Gasteiger partial charge on any atom is -0.380 e. The topological polar surface area (TPSA) is 12.0 Å². The molecule has 5 heteroatoms. The SMILES string of the molecule is Brc1ccc(Br)c(NCc2csc(Br)c2)c1. The Bertz CT molecular complexity index is 496. The Morgan fingerprint density at radius 1 is 1.12 bits per heavy atom. The summed E-state index contributed by atoms with van der Waals surface area (Å²) in [5, 5.41) is 5.53. The molecule has 0 radical (unpaired) electrons. The summed E-state index contributed by atoms with van der Waals surface area (Å²) in [5.74, 6) is 0. The van der Waals surface area contributed by atoms with E-state index in [4.69, 9.17) is 0 Å². The highest BCUT2D eigenvalue weighted by Crippen LogP contribution is 2.27. The summed E-state index contributed by atoms with van der Waals surface area (Å²) in [5.41, 5.74) is 2.38. The zero-order chi connectivity index (χ0) is 11.5. The maximum Gasteiger partial charge on any atom is 0.0701 e. The maximum atomic E-state index is 3.52. The van der Waals surface area contributed by atoms with Gasteiger partial charge < -0.3 is 5.32 Å². The molecule has 84 valence electrons. The Hall–Kier alpha value is 0.160. The molecule has 0 aliphatic carbocycles. The summed E-state index contributed by atoms with van der Waals surface area (Å²) < 4.78 is 3.31. The number of rotatable bonds is 3. The predicted octanol–water partition coefficient (Wildman–Crippen LogP) is 5.65. The van der Waals surface area contributed by atoms with Gasteiger partial charge in [-0.1, -0.05) is 15.9 Å². The number of nitrogens with one attached hydrogen (secondary N) is 1. The Morgan fingerprint density at radius 2 is 1.94 bits per heavy atom. The van der Waals surface area contributed by atoms with Crippen LogP contribution in [0.4, 0.5) is 5.69 Å². The number of hydrogen-bond acceptors (Lipinski definition) is 2. The van der Waals surface area contributed by atoms with Crippen LogP contribution in [0.1, 0.15) is 5.56 Å². The molecule has 1 nitrogen and oxygen atoms in total. The molecule has 2 rings (SSSR count). The number of benzene rings is 1. The van der Waals surface area contributed by atoms with Crippen LogP contribution < -0.4 is 5.32 Å². The minimum atomic E-state index is 0.831. The average molecular weight is 426 g/mol. The molecule has 1 aromatic heterocycles. The van der Waals surface area contributed by atoms with E-state index in [2.05, 4.69) is 70.6 Å². The third-order valence-electron chi connectivity index (χ3n) is 2.03. The normalized spacial score (nSPS) is 10.4. The number of anilines is 1. The zero-order valence-corrected chi connectivity index (χ0v) is 13.7. The van der Waals surface area contributed by atoms with Gasteiger partial charge in [-0.25, -0.2) is 0 Å². The second-order valence-electron chi connectivity index (χ2n) is 3.24. The van der Waals surface area contributed by atoms with E-state index < -0.39 is 0 Å². The van der Waals surface area contributed by atoms with E-state index in [0.717, 1.165) is 25.0 Å². The summed E-state index contributed by atoms with van der Waals surface area (Å²) in [7, 11) is 0. The van der Waals surface area contributed by atoms with Gasteiger partial charge in [-0.15, -0.1) is 11.3 Å². The van der Waals surface area contributed by atoms with Crippen LogP contribution in [0, 0.1) is 0 Å². The lowest BCUT2D eigenvalue weighted by molar-refractivity contribution is 1.16. The fourth-order valence-corrected chi connectivity index (χ4v) is 3.23. The molecule has 0 bridgehead atoms. The Morgan fingerprint density at radius 3 is 2.62 bits per heavy atom. The van der Waals surface area contributed by atoms with E-state index in [9.17, 15) is 0 Å². The molecule has 0 amide bonds. The molecule has 1 heterocycles. The molecular weight excluding hydrogens is 418 g/mol. The van der Waals surface area contributed by atoms with Crippen LogP contribution in [0.25, 0.3) is 0 Å². The summed E-state index contributed by atoms with van der Waals surface area (Å²) in [6.07, 6.45) is 0. The lowest BCUT2D eigenvalue weighted by atomic mass is 10.3. The van der Waals surface area contributed by atoms with Crippen LogP contribution in [0.5, 0.6) is 0 Å². The van der Waals surface area contributed by atoms with Crippen molar-refractivity contribution < 1.29 is 0 Å². The van der Waals surface area contributed by atoms with Crippen LogP contribution in [0.3, 0.4) is 0 Å². The van der Waals surface area contributed by atoms with Crippen LogP contribution in [-0.4, -0.2) is 0 Å². The third-order valence-corrected chi connectivity index (χ3v) is 4.77. The van der Waals surface area contributed by atoms with Gasteiger partial charge in [-0.2, -0.15) is 0 Å². The first-order valence-corrected chi connectivity index (χ1v) is 7.83. The number of hydrogen-bond donors (Lipinski definition) is 1. The van der Waals surface area contributed by atoms with E-state index in [1.165, 1.54) is 5.56 Å². The van der Waals surface area contributed by atoms with Crippen molar-refractivity contribution >= 4 is 64.8 Å². The molecule has 1 N–H and O–H groups in total. The van der Waals surface area contributed by atoms with E-state index in [1.807, 2.05) is 12.1 Å². The average Bonchev–Trinajstić information content (AvgIpc) is 2.66. The first kappa shape index (κ1) is 12.6. The quantitative estimate of drug-likeness (QED) is 0.670. The van der Waals surface area contributed by atoms with Crippen molar-refractivity contribution in [2.24, 2.45) is 0 Å². The minimum absolute atomic E-state index is 0.831. The number of halogens is 3. The zero-order valence-electron chi connectivity index (χ0n) is 8.14. The van der Waals surface area contributed by atoms with Crippen LogP contribution in [0.2, 0.25) is 0 Å².